The second-order valence-corrected chi connectivity index (χ2v) is 7.62. The molecule has 31 heavy (non-hydrogen) atoms. The number of benzene rings is 2. The van der Waals surface area contributed by atoms with E-state index in [1.54, 1.807) is 37.4 Å². The van der Waals surface area contributed by atoms with E-state index in [1.807, 2.05) is 19.1 Å². The van der Waals surface area contributed by atoms with Crippen LogP contribution in [0, 0.1) is 6.92 Å². The van der Waals surface area contributed by atoms with Gasteiger partial charge in [0.25, 0.3) is 5.56 Å². The Labute approximate surface area is 188 Å². The molecule has 0 atom stereocenters. The van der Waals surface area contributed by atoms with Gasteiger partial charge in [0, 0.05) is 17.0 Å². The van der Waals surface area contributed by atoms with Crippen molar-refractivity contribution in [1.82, 2.24) is 9.66 Å². The number of aromatic nitrogens is 2. The Kier molecular flexibility index (Phi) is 7.02. The van der Waals surface area contributed by atoms with Crippen LogP contribution in [0.15, 0.2) is 57.4 Å². The third-order valence-electron chi connectivity index (χ3n) is 4.36. The van der Waals surface area contributed by atoms with Crippen LogP contribution in [0.2, 0.25) is 0 Å². The highest BCUT2D eigenvalue weighted by Crippen LogP contribution is 2.33. The van der Waals surface area contributed by atoms with Crippen LogP contribution in [0.25, 0.3) is 10.9 Å². The lowest BCUT2D eigenvalue weighted by Gasteiger charge is -2.14. The third-order valence-corrected chi connectivity index (χ3v) is 4.85. The molecule has 0 unspecified atom stereocenters. The predicted octanol–water partition coefficient (Wildman–Crippen LogP) is 4.40. The van der Waals surface area contributed by atoms with Gasteiger partial charge in [0.05, 0.1) is 23.7 Å². The SMILES string of the molecule is C=CCc1cc(C=Nn2c(C)nc3ccc(Br)cc3c2=O)cc(OCC)c1OC(C)=O. The van der Waals surface area contributed by atoms with E-state index < -0.39 is 5.97 Å². The molecule has 0 saturated carbocycles. The highest BCUT2D eigenvalue weighted by Gasteiger charge is 2.15. The van der Waals surface area contributed by atoms with Gasteiger partial charge in [-0.1, -0.05) is 22.0 Å². The highest BCUT2D eigenvalue weighted by atomic mass is 79.9. The molecule has 0 amide bonds. The van der Waals surface area contributed by atoms with E-state index in [2.05, 4.69) is 32.6 Å². The van der Waals surface area contributed by atoms with Crippen LogP contribution in [-0.2, 0) is 11.2 Å². The van der Waals surface area contributed by atoms with Crippen LogP contribution < -0.4 is 15.0 Å². The summed E-state index contributed by atoms with van der Waals surface area (Å²) in [4.78, 5) is 28.9. The average Bonchev–Trinajstić information content (AvgIpc) is 2.71. The number of ether oxygens (including phenoxy) is 2. The van der Waals surface area contributed by atoms with Crippen molar-refractivity contribution < 1.29 is 14.3 Å². The Morgan fingerprint density at radius 3 is 2.77 bits per heavy atom. The molecule has 0 aliphatic carbocycles. The van der Waals surface area contributed by atoms with Crippen molar-refractivity contribution in [3.8, 4) is 11.5 Å². The van der Waals surface area contributed by atoms with Gasteiger partial charge in [0.15, 0.2) is 11.5 Å². The van der Waals surface area contributed by atoms with E-state index >= 15 is 0 Å². The minimum absolute atomic E-state index is 0.270. The summed E-state index contributed by atoms with van der Waals surface area (Å²) >= 11 is 3.38. The normalized spacial score (nSPS) is 11.1. The zero-order chi connectivity index (χ0) is 22.5. The first-order chi connectivity index (χ1) is 14.8. The Bertz CT molecular complexity index is 1250. The summed E-state index contributed by atoms with van der Waals surface area (Å²) < 4.78 is 13.1. The van der Waals surface area contributed by atoms with Gasteiger partial charge >= 0.3 is 5.97 Å². The molecule has 1 aromatic heterocycles. The molecule has 7 nitrogen and oxygen atoms in total. The summed E-state index contributed by atoms with van der Waals surface area (Å²) in [6.45, 7) is 9.05. The Balaban J connectivity index is 2.10. The number of aryl methyl sites for hydroxylation is 1. The molecular formula is C23H22BrN3O4. The second kappa shape index (κ2) is 9.70. The van der Waals surface area contributed by atoms with Gasteiger partial charge in [0.2, 0.25) is 0 Å². The Morgan fingerprint density at radius 2 is 2.10 bits per heavy atom. The van der Waals surface area contributed by atoms with Crippen LogP contribution in [-0.4, -0.2) is 28.5 Å². The first kappa shape index (κ1) is 22.4. The van der Waals surface area contributed by atoms with E-state index in [-0.39, 0.29) is 5.56 Å². The molecule has 0 bridgehead atoms. The third kappa shape index (κ3) is 5.08. The molecule has 0 aliphatic heterocycles. The van der Waals surface area contributed by atoms with Gasteiger partial charge in [-0.2, -0.15) is 9.78 Å². The number of hydrogen-bond donors (Lipinski definition) is 0. The van der Waals surface area contributed by atoms with Crippen molar-refractivity contribution in [2.75, 3.05) is 6.61 Å². The average molecular weight is 484 g/mol. The minimum atomic E-state index is -0.441. The highest BCUT2D eigenvalue weighted by molar-refractivity contribution is 9.10. The molecule has 0 aliphatic rings. The zero-order valence-corrected chi connectivity index (χ0v) is 19.1. The van der Waals surface area contributed by atoms with E-state index in [4.69, 9.17) is 9.47 Å². The van der Waals surface area contributed by atoms with Crippen LogP contribution in [0.4, 0.5) is 0 Å². The molecule has 0 fully saturated rings. The monoisotopic (exact) mass is 483 g/mol. The Hall–Kier alpha value is -3.26. The van der Waals surface area contributed by atoms with Gasteiger partial charge < -0.3 is 9.47 Å². The zero-order valence-electron chi connectivity index (χ0n) is 17.5. The smallest absolute Gasteiger partial charge is 0.308 e. The van der Waals surface area contributed by atoms with Gasteiger partial charge in [0.1, 0.15) is 5.82 Å². The summed E-state index contributed by atoms with van der Waals surface area (Å²) in [5.74, 6) is 0.798. The lowest BCUT2D eigenvalue weighted by molar-refractivity contribution is -0.132. The quantitative estimate of drug-likeness (QED) is 0.215. The number of carbonyl (C=O) groups excluding carboxylic acids is 1. The maximum Gasteiger partial charge on any atom is 0.308 e. The molecule has 0 N–H and O–H groups in total. The van der Waals surface area contributed by atoms with Crippen LogP contribution in [0.3, 0.4) is 0 Å². The number of fused-ring (bicyclic) bond motifs is 1. The molecule has 2 aromatic carbocycles. The Morgan fingerprint density at radius 1 is 1.32 bits per heavy atom. The topological polar surface area (TPSA) is 82.8 Å². The number of nitrogens with zero attached hydrogens (tertiary/aromatic N) is 3. The summed E-state index contributed by atoms with van der Waals surface area (Å²) in [5, 5.41) is 4.82. The first-order valence-electron chi connectivity index (χ1n) is 9.66. The van der Waals surface area contributed by atoms with Crippen LogP contribution in [0.5, 0.6) is 11.5 Å². The maximum atomic E-state index is 12.9. The first-order valence-corrected chi connectivity index (χ1v) is 10.5. The lowest BCUT2D eigenvalue weighted by atomic mass is 10.1. The predicted molar refractivity (Wildman–Crippen MR) is 124 cm³/mol. The molecule has 160 valence electrons. The molecule has 0 radical (unpaired) electrons. The number of allylic oxidation sites excluding steroid dienone is 1. The molecule has 0 saturated heterocycles. The minimum Gasteiger partial charge on any atom is -0.490 e. The van der Waals surface area contributed by atoms with Gasteiger partial charge in [-0.15, -0.1) is 6.58 Å². The fourth-order valence-corrected chi connectivity index (χ4v) is 3.47. The van der Waals surface area contributed by atoms with E-state index in [0.717, 1.165) is 10.0 Å². The lowest BCUT2D eigenvalue weighted by Crippen LogP contribution is -2.20. The second-order valence-electron chi connectivity index (χ2n) is 6.71. The van der Waals surface area contributed by atoms with Gasteiger partial charge in [-0.3, -0.25) is 9.59 Å². The van der Waals surface area contributed by atoms with Crippen molar-refractivity contribution in [2.24, 2.45) is 5.10 Å². The van der Waals surface area contributed by atoms with Crippen molar-refractivity contribution in [3.63, 3.8) is 0 Å². The number of esters is 1. The number of carbonyl (C=O) groups is 1. The van der Waals surface area contributed by atoms with E-state index in [9.17, 15) is 9.59 Å². The number of hydrogen-bond acceptors (Lipinski definition) is 6. The number of rotatable bonds is 7. The van der Waals surface area contributed by atoms with Gasteiger partial charge in [-0.05, 0) is 56.2 Å². The molecule has 3 aromatic rings. The van der Waals surface area contributed by atoms with Gasteiger partial charge in [-0.25, -0.2) is 4.98 Å². The molecule has 1 heterocycles. The largest absolute Gasteiger partial charge is 0.490 e. The summed E-state index contributed by atoms with van der Waals surface area (Å²) in [7, 11) is 0. The molecular weight excluding hydrogens is 462 g/mol. The molecule has 3 rings (SSSR count). The van der Waals surface area contributed by atoms with Crippen LogP contribution in [0.1, 0.15) is 30.8 Å². The summed E-state index contributed by atoms with van der Waals surface area (Å²) in [5.41, 5.74) is 1.74. The van der Waals surface area contributed by atoms with Crippen LogP contribution >= 0.6 is 15.9 Å². The number of halogens is 1. The standard InChI is InChI=1S/C23H22BrN3O4/c1-5-7-17-10-16(11-21(30-6-2)22(17)31-15(4)28)13-25-27-14(3)26-20-9-8-18(24)12-19(20)23(27)29/h5,8-13H,1,6-7H2,2-4H3. The van der Waals surface area contributed by atoms with Crippen molar-refractivity contribution >= 4 is 39.0 Å². The van der Waals surface area contributed by atoms with E-state index in [1.165, 1.54) is 11.6 Å². The van der Waals surface area contributed by atoms with E-state index in [0.29, 0.717) is 46.8 Å². The van der Waals surface area contributed by atoms with Crippen molar-refractivity contribution in [2.45, 2.75) is 27.2 Å². The van der Waals surface area contributed by atoms with Crippen molar-refractivity contribution in [3.05, 3.63) is 74.8 Å². The summed E-state index contributed by atoms with van der Waals surface area (Å²) in [6.07, 6.45) is 3.72. The van der Waals surface area contributed by atoms with Crippen molar-refractivity contribution in [1.29, 1.82) is 0 Å². The molecule has 0 spiro atoms. The maximum absolute atomic E-state index is 12.9. The fraction of sp³-hybridized carbons (Fsp3) is 0.217. The molecule has 8 heteroatoms. The summed E-state index contributed by atoms with van der Waals surface area (Å²) in [6, 6.07) is 8.87. The fourth-order valence-electron chi connectivity index (χ4n) is 3.11.